The van der Waals surface area contributed by atoms with Gasteiger partial charge in [0.1, 0.15) is 5.75 Å². The number of carbonyl (C=O) groups is 1. The van der Waals surface area contributed by atoms with Gasteiger partial charge < -0.3 is 9.64 Å². The Kier molecular flexibility index (Phi) is 4.87. The van der Waals surface area contributed by atoms with Gasteiger partial charge in [-0.3, -0.25) is 4.79 Å². The van der Waals surface area contributed by atoms with Gasteiger partial charge in [-0.15, -0.1) is 0 Å². The maximum absolute atomic E-state index is 13.3. The highest BCUT2D eigenvalue weighted by molar-refractivity contribution is 6.31. The Hall–Kier alpha value is -2.78. The second kappa shape index (κ2) is 7.45. The lowest BCUT2D eigenvalue weighted by Crippen LogP contribution is -2.40. The van der Waals surface area contributed by atoms with Crippen LogP contribution < -0.4 is 4.74 Å². The molecule has 3 aromatic rings. The third-order valence-corrected chi connectivity index (χ3v) is 5.43. The first-order valence-corrected chi connectivity index (χ1v) is 9.34. The molecule has 0 fully saturated rings. The van der Waals surface area contributed by atoms with Gasteiger partial charge >= 0.3 is 0 Å². The van der Waals surface area contributed by atoms with E-state index >= 15 is 0 Å². The third kappa shape index (κ3) is 3.31. The summed E-state index contributed by atoms with van der Waals surface area (Å²) in [4.78, 5) is 15.3. The van der Waals surface area contributed by atoms with Crippen LogP contribution in [0.1, 0.15) is 33.1 Å². The minimum atomic E-state index is -0.196. The zero-order chi connectivity index (χ0) is 18.8. The molecule has 0 N–H and O–H groups in total. The summed E-state index contributed by atoms with van der Waals surface area (Å²) in [5.41, 5.74) is 4.00. The minimum absolute atomic E-state index is 0.00271. The molecule has 1 heterocycles. The maximum atomic E-state index is 13.3. The second-order valence-electron chi connectivity index (χ2n) is 6.60. The van der Waals surface area contributed by atoms with Gasteiger partial charge in [-0.25, -0.2) is 0 Å². The normalized spacial score (nSPS) is 15.9. The maximum Gasteiger partial charge on any atom is 0.254 e. The first-order valence-electron chi connectivity index (χ1n) is 8.96. The molecule has 1 unspecified atom stereocenters. The number of hydrogen-bond donors (Lipinski definition) is 0. The fourth-order valence-electron chi connectivity index (χ4n) is 3.72. The van der Waals surface area contributed by atoms with Gasteiger partial charge in [0.15, 0.2) is 0 Å². The van der Waals surface area contributed by atoms with Crippen LogP contribution in [0.3, 0.4) is 0 Å². The van der Waals surface area contributed by atoms with Crippen molar-refractivity contribution < 1.29 is 9.53 Å². The molecule has 4 rings (SSSR count). The van der Waals surface area contributed by atoms with Crippen molar-refractivity contribution in [3.63, 3.8) is 0 Å². The summed E-state index contributed by atoms with van der Waals surface area (Å²) < 4.78 is 5.20. The highest BCUT2D eigenvalue weighted by atomic mass is 35.5. The van der Waals surface area contributed by atoms with Gasteiger partial charge in [0, 0.05) is 17.1 Å². The van der Waals surface area contributed by atoms with Crippen LogP contribution in [0.25, 0.3) is 0 Å². The molecule has 136 valence electrons. The monoisotopic (exact) mass is 377 g/mol. The molecule has 0 aliphatic carbocycles. The number of carbonyl (C=O) groups excluding carboxylic acids is 1. The standard InChI is InChI=1S/C23H20ClNO2/c1-27-18-12-10-17(11-13-18)23(26)25-15-14-16-6-2-3-7-19(16)22(25)20-8-4-5-9-21(20)24/h2-13,22H,14-15H2,1H3. The Morgan fingerprint density at radius 2 is 1.63 bits per heavy atom. The number of ether oxygens (including phenoxy) is 1. The van der Waals surface area contributed by atoms with Crippen LogP contribution in [0.4, 0.5) is 0 Å². The van der Waals surface area contributed by atoms with E-state index in [-0.39, 0.29) is 11.9 Å². The van der Waals surface area contributed by atoms with Crippen LogP contribution in [0.2, 0.25) is 5.02 Å². The summed E-state index contributed by atoms with van der Waals surface area (Å²) in [5.74, 6) is 0.732. The van der Waals surface area contributed by atoms with Crippen molar-refractivity contribution in [1.29, 1.82) is 0 Å². The van der Waals surface area contributed by atoms with Gasteiger partial charge in [-0.1, -0.05) is 54.1 Å². The van der Waals surface area contributed by atoms with Gasteiger partial charge in [0.25, 0.3) is 5.91 Å². The highest BCUT2D eigenvalue weighted by Crippen LogP contribution is 2.38. The molecule has 1 aliphatic rings. The predicted molar refractivity (Wildman–Crippen MR) is 107 cm³/mol. The lowest BCUT2D eigenvalue weighted by molar-refractivity contribution is 0.0694. The molecule has 0 spiro atoms. The summed E-state index contributed by atoms with van der Waals surface area (Å²) in [5, 5.41) is 0.673. The molecule has 27 heavy (non-hydrogen) atoms. The van der Waals surface area contributed by atoms with Crippen molar-refractivity contribution in [2.75, 3.05) is 13.7 Å². The van der Waals surface area contributed by atoms with E-state index in [2.05, 4.69) is 12.1 Å². The van der Waals surface area contributed by atoms with Crippen molar-refractivity contribution >= 4 is 17.5 Å². The smallest absolute Gasteiger partial charge is 0.254 e. The van der Waals surface area contributed by atoms with Crippen molar-refractivity contribution in [3.05, 3.63) is 100 Å². The van der Waals surface area contributed by atoms with Crippen molar-refractivity contribution in [1.82, 2.24) is 4.90 Å². The zero-order valence-electron chi connectivity index (χ0n) is 15.1. The number of benzene rings is 3. The third-order valence-electron chi connectivity index (χ3n) is 5.08. The average molecular weight is 378 g/mol. The topological polar surface area (TPSA) is 29.5 Å². The van der Waals surface area contributed by atoms with Crippen LogP contribution in [-0.4, -0.2) is 24.5 Å². The number of nitrogens with zero attached hydrogens (tertiary/aromatic N) is 1. The molecule has 1 atom stereocenters. The Labute approximate surface area is 164 Å². The van der Waals surface area contributed by atoms with Crippen LogP contribution in [-0.2, 0) is 6.42 Å². The van der Waals surface area contributed by atoms with Gasteiger partial charge in [0.05, 0.1) is 13.2 Å². The van der Waals surface area contributed by atoms with E-state index in [1.165, 1.54) is 5.56 Å². The minimum Gasteiger partial charge on any atom is -0.497 e. The summed E-state index contributed by atoms with van der Waals surface area (Å²) in [7, 11) is 1.62. The van der Waals surface area contributed by atoms with E-state index in [1.807, 2.05) is 65.6 Å². The Morgan fingerprint density at radius 3 is 2.33 bits per heavy atom. The molecule has 0 aromatic heterocycles. The molecule has 1 amide bonds. The molecular weight excluding hydrogens is 358 g/mol. The van der Waals surface area contributed by atoms with E-state index in [0.717, 1.165) is 23.3 Å². The van der Waals surface area contributed by atoms with E-state index in [9.17, 15) is 4.79 Å². The summed E-state index contributed by atoms with van der Waals surface area (Å²) in [6.07, 6.45) is 0.832. The Balaban J connectivity index is 1.78. The van der Waals surface area contributed by atoms with E-state index < -0.39 is 0 Å². The molecule has 4 heteroatoms. The van der Waals surface area contributed by atoms with Crippen molar-refractivity contribution in [2.45, 2.75) is 12.5 Å². The van der Waals surface area contributed by atoms with Crippen LogP contribution in [0, 0.1) is 0 Å². The SMILES string of the molecule is COc1ccc(C(=O)N2CCc3ccccc3C2c2ccccc2Cl)cc1. The Morgan fingerprint density at radius 1 is 0.963 bits per heavy atom. The highest BCUT2D eigenvalue weighted by Gasteiger charge is 2.33. The van der Waals surface area contributed by atoms with Crippen LogP contribution in [0.5, 0.6) is 5.75 Å². The molecule has 3 nitrogen and oxygen atoms in total. The molecule has 1 aliphatic heterocycles. The van der Waals surface area contributed by atoms with Crippen LogP contribution in [0.15, 0.2) is 72.8 Å². The molecule has 0 radical (unpaired) electrons. The lowest BCUT2D eigenvalue weighted by atomic mass is 9.87. The fourth-order valence-corrected chi connectivity index (χ4v) is 3.96. The molecular formula is C23H20ClNO2. The quantitative estimate of drug-likeness (QED) is 0.632. The van der Waals surface area contributed by atoms with Gasteiger partial charge in [-0.2, -0.15) is 0 Å². The van der Waals surface area contributed by atoms with Crippen molar-refractivity contribution in [2.24, 2.45) is 0 Å². The lowest BCUT2D eigenvalue weighted by Gasteiger charge is -2.38. The fraction of sp³-hybridized carbons (Fsp3) is 0.174. The van der Waals surface area contributed by atoms with E-state index in [1.54, 1.807) is 7.11 Å². The number of fused-ring (bicyclic) bond motifs is 1. The van der Waals surface area contributed by atoms with E-state index in [4.69, 9.17) is 16.3 Å². The van der Waals surface area contributed by atoms with Crippen LogP contribution >= 0.6 is 11.6 Å². The zero-order valence-corrected chi connectivity index (χ0v) is 15.8. The summed E-state index contributed by atoms with van der Waals surface area (Å²) in [6, 6.07) is 23.1. The van der Waals surface area contributed by atoms with Gasteiger partial charge in [0.2, 0.25) is 0 Å². The first kappa shape index (κ1) is 17.6. The largest absolute Gasteiger partial charge is 0.497 e. The molecule has 0 saturated heterocycles. The molecule has 0 saturated carbocycles. The number of amides is 1. The second-order valence-corrected chi connectivity index (χ2v) is 7.01. The first-order chi connectivity index (χ1) is 13.2. The molecule has 3 aromatic carbocycles. The predicted octanol–water partition coefficient (Wildman–Crippen LogP) is 5.14. The summed E-state index contributed by atoms with van der Waals surface area (Å²) >= 11 is 6.53. The number of rotatable bonds is 3. The molecule has 0 bridgehead atoms. The average Bonchev–Trinajstić information content (AvgIpc) is 2.73. The number of methoxy groups -OCH3 is 1. The summed E-state index contributed by atoms with van der Waals surface area (Å²) in [6.45, 7) is 0.651. The number of halogens is 1. The van der Waals surface area contributed by atoms with Crippen molar-refractivity contribution in [3.8, 4) is 5.75 Å². The van der Waals surface area contributed by atoms with E-state index in [0.29, 0.717) is 17.1 Å². The Bertz CT molecular complexity index is 968. The number of hydrogen-bond acceptors (Lipinski definition) is 2. The van der Waals surface area contributed by atoms with Gasteiger partial charge in [-0.05, 0) is 53.4 Å².